The number of hydrogen-bond donors (Lipinski definition) is 21. The van der Waals surface area contributed by atoms with Crippen LogP contribution in [-0.4, -0.2) is 369 Å². The lowest BCUT2D eigenvalue weighted by Gasteiger charge is -2.50. The first-order valence-corrected chi connectivity index (χ1v) is 25.6. The first-order valence-electron chi connectivity index (χ1n) is 25.6. The van der Waals surface area contributed by atoms with Crippen LogP contribution in [-0.2, 0) is 71.1 Å². The van der Waals surface area contributed by atoms with E-state index in [2.05, 4.69) is 5.32 Å². The fraction of sp³-hybridized carbons (Fsp3) is 0.977. The van der Waals surface area contributed by atoms with Gasteiger partial charge in [-0.25, -0.2) is 0 Å². The largest absolute Gasteiger partial charge is 0.394 e. The molecule has 0 aliphatic carbocycles. The van der Waals surface area contributed by atoms with Crippen molar-refractivity contribution in [3.05, 3.63) is 0 Å². The molecule has 21 rings (SSSR count). The average Bonchev–Trinajstić information content (AvgIpc) is 3.54. The van der Waals surface area contributed by atoms with Crippen molar-refractivity contribution in [2.75, 3.05) is 46.2 Å². The van der Waals surface area contributed by atoms with Crippen LogP contribution in [0.1, 0.15) is 6.92 Å². The normalized spacial score (nSPS) is 53.6. The van der Waals surface area contributed by atoms with Crippen LogP contribution < -0.4 is 5.32 Å². The maximum atomic E-state index is 12.1. The number of carbonyl (C=O) groups excluding carboxylic acids is 1. The highest BCUT2D eigenvalue weighted by atomic mass is 16.8. The molecule has 14 bridgehead atoms. The standard InChI is InChI=1S/C44H73NO35/c1-9(52)45-2-10-31-17(53)24(60)38(67-10)75-32-11(3-46)69-40(26(62)19(32)55)77-34-13(5-48)71-42(28(64)21(34)57)79-36-15(7-50)73-44(30(66)23(36)59)80-37-16(8-51)72-43(29(65)22(37)58)78-35-14(6-49)70-41(27(63)20(35)56)76-33-12(4-47)68-39(74-31)25(61)18(33)54/h10-44,46-51,53-66H,2-8H2,1H3,(H,45,52)/t10-,11-,12-,13-,14-,15-,16-,17-,18-,19-,20-,21-,22-,23-,24-,25-,26-,27-,28-,29-,30-,31-,32-,33-,34-,35-,36-,37-,38-,39-,40-,41-,42-,43-,44-/m1/s1. The van der Waals surface area contributed by atoms with Gasteiger partial charge in [-0.3, -0.25) is 4.79 Å². The van der Waals surface area contributed by atoms with E-state index in [0.717, 1.165) is 6.92 Å². The predicted molar refractivity (Wildman–Crippen MR) is 240 cm³/mol. The van der Waals surface area contributed by atoms with Gasteiger partial charge in [-0.15, -0.1) is 0 Å². The number of aliphatic hydroxyl groups excluding tert-OH is 20. The number of carbonyl (C=O) groups is 1. The number of ether oxygens (including phenoxy) is 14. The zero-order valence-corrected chi connectivity index (χ0v) is 42.2. The highest BCUT2D eigenvalue weighted by Crippen LogP contribution is 2.39. The Hall–Kier alpha value is -1.89. The minimum Gasteiger partial charge on any atom is -0.394 e. The number of nitrogens with one attached hydrogen (secondary N) is 1. The van der Waals surface area contributed by atoms with Crippen molar-refractivity contribution in [3.8, 4) is 0 Å². The van der Waals surface area contributed by atoms with Crippen LogP contribution in [0.2, 0.25) is 0 Å². The minimum absolute atomic E-state index is 0.565. The van der Waals surface area contributed by atoms with E-state index < -0.39 is 267 Å². The summed E-state index contributed by atoms with van der Waals surface area (Å²) in [4.78, 5) is 12.1. The molecule has 0 radical (unpaired) electrons. The molecule has 0 spiro atoms. The number of hydrogen-bond acceptors (Lipinski definition) is 35. The van der Waals surface area contributed by atoms with E-state index in [1.54, 1.807) is 0 Å². The van der Waals surface area contributed by atoms with Crippen molar-refractivity contribution in [2.45, 2.75) is 222 Å². The van der Waals surface area contributed by atoms with E-state index in [1.807, 2.05) is 0 Å². The molecule has 36 heteroatoms. The Balaban J connectivity index is 1.09. The molecule has 21 fully saturated rings. The summed E-state index contributed by atoms with van der Waals surface area (Å²) in [5.74, 6) is -0.667. The van der Waals surface area contributed by atoms with E-state index in [9.17, 15) is 107 Å². The molecule has 0 aromatic rings. The lowest BCUT2D eigenvalue weighted by molar-refractivity contribution is -0.396. The molecular weight excluding hydrogens is 1100 g/mol. The first kappa shape index (κ1) is 64.1. The summed E-state index contributed by atoms with van der Waals surface area (Å²) in [6.07, 6.45) is -70.4. The van der Waals surface area contributed by atoms with E-state index in [-0.39, 0.29) is 0 Å². The summed E-state index contributed by atoms with van der Waals surface area (Å²) in [5, 5.41) is 224. The summed E-state index contributed by atoms with van der Waals surface area (Å²) >= 11 is 0. The molecular formula is C44H73NO35. The number of aliphatic hydroxyl groups is 20. The van der Waals surface area contributed by atoms with E-state index >= 15 is 0 Å². The van der Waals surface area contributed by atoms with Crippen molar-refractivity contribution in [2.24, 2.45) is 0 Å². The van der Waals surface area contributed by atoms with Crippen molar-refractivity contribution in [1.82, 2.24) is 5.32 Å². The quantitative estimate of drug-likeness (QED) is 0.107. The lowest BCUT2D eigenvalue weighted by Crippen LogP contribution is -2.68. The molecule has 35 atom stereocenters. The fourth-order valence-corrected chi connectivity index (χ4v) is 10.7. The second kappa shape index (κ2) is 27.2. The molecule has 21 saturated heterocycles. The van der Waals surface area contributed by atoms with Crippen molar-refractivity contribution >= 4 is 5.91 Å². The number of rotatable bonds is 8. The van der Waals surface area contributed by atoms with Gasteiger partial charge in [-0.1, -0.05) is 0 Å². The molecule has 21 aliphatic rings. The van der Waals surface area contributed by atoms with E-state index in [1.165, 1.54) is 0 Å². The number of amides is 1. The van der Waals surface area contributed by atoms with Gasteiger partial charge in [0.15, 0.2) is 44.0 Å². The van der Waals surface area contributed by atoms with Crippen LogP contribution in [0.25, 0.3) is 0 Å². The molecule has 0 aromatic carbocycles. The Kier molecular flexibility index (Phi) is 21.8. The van der Waals surface area contributed by atoms with Gasteiger partial charge in [0.25, 0.3) is 0 Å². The summed E-state index contributed by atoms with van der Waals surface area (Å²) in [7, 11) is 0. The van der Waals surface area contributed by atoms with Gasteiger partial charge in [0.05, 0.1) is 39.6 Å². The Morgan fingerprint density at radius 2 is 0.412 bits per heavy atom. The van der Waals surface area contributed by atoms with Crippen LogP contribution >= 0.6 is 0 Å². The van der Waals surface area contributed by atoms with Crippen molar-refractivity contribution in [1.29, 1.82) is 0 Å². The third-order valence-corrected chi connectivity index (χ3v) is 15.2. The molecule has 80 heavy (non-hydrogen) atoms. The van der Waals surface area contributed by atoms with Gasteiger partial charge in [-0.2, -0.15) is 0 Å². The second-order valence-electron chi connectivity index (χ2n) is 20.4. The minimum atomic E-state index is -2.22. The second-order valence-corrected chi connectivity index (χ2v) is 20.4. The summed E-state index contributed by atoms with van der Waals surface area (Å²) < 4.78 is 80.2. The van der Waals surface area contributed by atoms with Crippen LogP contribution in [0.3, 0.4) is 0 Å². The van der Waals surface area contributed by atoms with Crippen LogP contribution in [0.4, 0.5) is 0 Å². The van der Waals surface area contributed by atoms with E-state index in [4.69, 9.17) is 66.3 Å². The SMILES string of the molecule is CC(=O)NC[C@H]1O[C@@H]2O[C@H]3[C@H](O)[C@@H](O)[C@@H](O[C@H]4[C@H](O)[C@@H](O)[C@@H](O[C@H]5[C@H](O)[C@@H](O)[C@@H](O[C@H]6[C@H](O)[C@@H](O)[C@@H](O[C@H]7[C@H](O)[C@@H](O)[C@@H](O[C@H]8[C@H](O)[C@@H](O)[C@@H](O[C@H]1[C@H](O)[C@H]2O)O[C@@H]8CO)O[C@@H]7CO)O[C@@H]6CO)O[C@@H]5CO)O[C@@H]4CO)O[C@@H]3CO. The van der Waals surface area contributed by atoms with Gasteiger partial charge in [-0.05, 0) is 0 Å². The Bertz CT molecular complexity index is 1940. The molecule has 21 aliphatic heterocycles. The maximum absolute atomic E-state index is 12.1. The van der Waals surface area contributed by atoms with Crippen molar-refractivity contribution < 1.29 is 173 Å². The first-order chi connectivity index (χ1) is 38.0. The third kappa shape index (κ3) is 12.8. The fourth-order valence-electron chi connectivity index (χ4n) is 10.7. The lowest BCUT2D eigenvalue weighted by atomic mass is 9.95. The van der Waals surface area contributed by atoms with Gasteiger partial charge in [0.2, 0.25) is 5.91 Å². The molecule has 0 unspecified atom stereocenters. The van der Waals surface area contributed by atoms with Gasteiger partial charge in [0, 0.05) is 13.5 Å². The molecule has 36 nitrogen and oxygen atoms in total. The molecule has 1 amide bonds. The van der Waals surface area contributed by atoms with Crippen LogP contribution in [0, 0.1) is 0 Å². The third-order valence-electron chi connectivity index (χ3n) is 15.2. The van der Waals surface area contributed by atoms with Crippen LogP contribution in [0.15, 0.2) is 0 Å². The highest BCUT2D eigenvalue weighted by Gasteiger charge is 2.59. The Labute approximate surface area is 452 Å². The average molecular weight is 1180 g/mol. The highest BCUT2D eigenvalue weighted by molar-refractivity contribution is 5.72. The monoisotopic (exact) mass is 1180 g/mol. The molecule has 0 aromatic heterocycles. The summed E-state index contributed by atoms with van der Waals surface area (Å²) in [6.45, 7) is -5.79. The predicted octanol–water partition coefficient (Wildman–Crippen LogP) is -15.1. The van der Waals surface area contributed by atoms with Gasteiger partial charge >= 0.3 is 0 Å². The van der Waals surface area contributed by atoms with E-state index in [0.29, 0.717) is 0 Å². The molecule has 21 N–H and O–H groups in total. The Morgan fingerprint density at radius 1 is 0.263 bits per heavy atom. The summed E-state index contributed by atoms with van der Waals surface area (Å²) in [5.41, 5.74) is 0. The molecule has 464 valence electrons. The zero-order chi connectivity index (χ0) is 58.3. The van der Waals surface area contributed by atoms with Crippen molar-refractivity contribution in [3.63, 3.8) is 0 Å². The summed E-state index contributed by atoms with van der Waals surface area (Å²) in [6, 6.07) is 0. The Morgan fingerprint density at radius 3 is 0.562 bits per heavy atom. The zero-order valence-electron chi connectivity index (χ0n) is 42.2. The molecule has 21 heterocycles. The maximum Gasteiger partial charge on any atom is 0.216 e. The van der Waals surface area contributed by atoms with Crippen LogP contribution in [0.5, 0.6) is 0 Å². The van der Waals surface area contributed by atoms with Gasteiger partial charge < -0.3 is 174 Å². The topological polar surface area (TPSA) is 563 Å². The van der Waals surface area contributed by atoms with Gasteiger partial charge in [0.1, 0.15) is 171 Å². The molecule has 0 saturated carbocycles. The smallest absolute Gasteiger partial charge is 0.216 e.